The van der Waals surface area contributed by atoms with Crippen LogP contribution in [0.4, 0.5) is 0 Å². The quantitative estimate of drug-likeness (QED) is 0.500. The molecule has 0 aliphatic rings. The van der Waals surface area contributed by atoms with Crippen molar-refractivity contribution in [1.29, 1.82) is 0 Å². The van der Waals surface area contributed by atoms with Gasteiger partial charge in [-0.1, -0.05) is 60.7 Å². The van der Waals surface area contributed by atoms with E-state index in [1.165, 1.54) is 0 Å². The summed E-state index contributed by atoms with van der Waals surface area (Å²) >= 11 is 0. The van der Waals surface area contributed by atoms with E-state index >= 15 is 0 Å². The van der Waals surface area contributed by atoms with Crippen molar-refractivity contribution in [3.8, 4) is 0 Å². The Balaban J connectivity index is 2.62. The number of rotatable bonds is 10. The van der Waals surface area contributed by atoms with Crippen molar-refractivity contribution >= 4 is 44.6 Å². The van der Waals surface area contributed by atoms with E-state index in [1.807, 2.05) is 56.0 Å². The van der Waals surface area contributed by atoms with Gasteiger partial charge < -0.3 is 21.2 Å². The van der Waals surface area contributed by atoms with E-state index in [0.29, 0.717) is 0 Å². The normalized spacial score (nSPS) is 13.5. The maximum Gasteiger partial charge on any atom is 0.488 e. The molecule has 0 radical (unpaired) electrons. The zero-order chi connectivity index (χ0) is 21.8. The van der Waals surface area contributed by atoms with Gasteiger partial charge in [-0.05, 0) is 43.1 Å². The molecule has 0 saturated heterocycles. The molecule has 2 rings (SSSR count). The minimum Gasteiger partial charge on any atom is -0.430 e. The fraction of sp³-hybridized carbons (Fsp3) is 0.400. The van der Waals surface area contributed by atoms with Crippen molar-refractivity contribution in [1.82, 2.24) is 0 Å². The summed E-state index contributed by atoms with van der Waals surface area (Å²) in [6, 6.07) is 20.6. The summed E-state index contributed by atoms with van der Waals surface area (Å²) in [5.74, 6) is 0. The molecule has 0 atom stereocenters. The third-order valence-corrected chi connectivity index (χ3v) is 18.2. The molecule has 5 nitrogen and oxygen atoms in total. The van der Waals surface area contributed by atoms with Gasteiger partial charge in [-0.25, -0.2) is 0 Å². The second kappa shape index (κ2) is 9.50. The maximum atomic E-state index is 7.02. The third-order valence-electron chi connectivity index (χ3n) is 4.32. The second-order valence-corrected chi connectivity index (χ2v) is 22.8. The van der Waals surface area contributed by atoms with E-state index in [9.17, 15) is 0 Å². The Bertz CT molecular complexity index is 722. The summed E-state index contributed by atoms with van der Waals surface area (Å²) in [6.07, 6.45) is 0. The zero-order valence-electron chi connectivity index (χ0n) is 18.8. The van der Waals surface area contributed by atoms with Crippen LogP contribution in [0.2, 0.25) is 39.3 Å². The molecule has 2 aromatic rings. The predicted molar refractivity (Wildman–Crippen MR) is 128 cm³/mol. The molecule has 0 unspecified atom stereocenters. The fourth-order valence-corrected chi connectivity index (χ4v) is 18.3. The second-order valence-electron chi connectivity index (χ2n) is 8.44. The van der Waals surface area contributed by atoms with E-state index in [0.717, 1.165) is 10.4 Å². The van der Waals surface area contributed by atoms with Gasteiger partial charge in [0, 0.05) is 20.8 Å². The van der Waals surface area contributed by atoms with Crippen LogP contribution in [-0.4, -0.2) is 48.5 Å². The highest BCUT2D eigenvalue weighted by Crippen LogP contribution is 2.25. The van der Waals surface area contributed by atoms with Crippen LogP contribution in [0.1, 0.15) is 0 Å². The first-order valence-corrected chi connectivity index (χ1v) is 20.0. The van der Waals surface area contributed by atoms with Crippen molar-refractivity contribution in [3.63, 3.8) is 0 Å². The van der Waals surface area contributed by atoms with Gasteiger partial charge in [0.15, 0.2) is 8.32 Å². The van der Waals surface area contributed by atoms with Crippen molar-refractivity contribution in [2.45, 2.75) is 39.3 Å². The Morgan fingerprint density at radius 3 is 1.31 bits per heavy atom. The molecule has 0 fully saturated rings. The predicted octanol–water partition coefficient (Wildman–Crippen LogP) is 3.69. The van der Waals surface area contributed by atoms with Crippen LogP contribution in [-0.2, 0) is 21.2 Å². The fourth-order valence-electron chi connectivity index (χ4n) is 3.15. The zero-order valence-corrected chi connectivity index (χ0v) is 22.8. The lowest BCUT2D eigenvalue weighted by Gasteiger charge is -2.43. The molecule has 0 aliphatic heterocycles. The van der Waals surface area contributed by atoms with Gasteiger partial charge in [-0.2, -0.15) is 0 Å². The first-order valence-electron chi connectivity index (χ1n) is 9.77. The lowest BCUT2D eigenvalue weighted by atomic mass is 10.4. The van der Waals surface area contributed by atoms with Crippen LogP contribution in [0.15, 0.2) is 60.7 Å². The Morgan fingerprint density at radius 1 is 0.552 bits per heavy atom. The molecule has 0 spiro atoms. The van der Waals surface area contributed by atoms with E-state index in [4.69, 9.17) is 21.2 Å². The molecule has 0 heterocycles. The smallest absolute Gasteiger partial charge is 0.430 e. The highest BCUT2D eigenvalue weighted by Gasteiger charge is 2.52. The summed E-state index contributed by atoms with van der Waals surface area (Å²) in [6.45, 7) is 12.6. The lowest BCUT2D eigenvalue weighted by molar-refractivity contribution is 0.152. The molecule has 0 N–H and O–H groups in total. The number of hydrogen-bond acceptors (Lipinski definition) is 5. The molecular weight excluding hydrogens is 433 g/mol. The number of benzene rings is 2. The van der Waals surface area contributed by atoms with Crippen LogP contribution in [0, 0.1) is 0 Å². The molecule has 0 bridgehead atoms. The highest BCUT2D eigenvalue weighted by molar-refractivity contribution is 7.02. The average molecular weight is 467 g/mol. The Labute approximate surface area is 179 Å². The SMILES string of the molecule is CO[Si](C)(OC)O[Si](C)(C)O[Si](O[Si](C)(C)C)(c1ccccc1)c1ccccc1. The molecule has 0 amide bonds. The topological polar surface area (TPSA) is 46.2 Å². The molecule has 0 aromatic heterocycles. The van der Waals surface area contributed by atoms with Crippen molar-refractivity contribution < 1.29 is 21.2 Å². The molecule has 160 valence electrons. The van der Waals surface area contributed by atoms with Gasteiger partial charge in [-0.3, -0.25) is 0 Å². The van der Waals surface area contributed by atoms with Gasteiger partial charge in [0.05, 0.1) is 0 Å². The highest BCUT2D eigenvalue weighted by atomic mass is 28.5. The molecular formula is C20H34O5Si4. The van der Waals surface area contributed by atoms with Crippen LogP contribution >= 0.6 is 0 Å². The summed E-state index contributed by atoms with van der Waals surface area (Å²) in [5.41, 5.74) is 0. The first-order chi connectivity index (χ1) is 13.5. The van der Waals surface area contributed by atoms with Crippen LogP contribution in [0.3, 0.4) is 0 Å². The summed E-state index contributed by atoms with van der Waals surface area (Å²) in [4.78, 5) is 0. The lowest BCUT2D eigenvalue weighted by Crippen LogP contribution is -2.71. The number of hydrogen-bond donors (Lipinski definition) is 0. The van der Waals surface area contributed by atoms with Gasteiger partial charge in [0.1, 0.15) is 0 Å². The Hall–Kier alpha value is -0.892. The molecule has 29 heavy (non-hydrogen) atoms. The van der Waals surface area contributed by atoms with E-state index in [1.54, 1.807) is 14.2 Å². The van der Waals surface area contributed by atoms with Crippen molar-refractivity contribution in [3.05, 3.63) is 60.7 Å². The van der Waals surface area contributed by atoms with Crippen molar-refractivity contribution in [2.75, 3.05) is 14.2 Å². The first kappa shape index (κ1) is 24.4. The Kier molecular flexibility index (Phi) is 7.98. The van der Waals surface area contributed by atoms with Crippen LogP contribution in [0.5, 0.6) is 0 Å². The maximum absolute atomic E-state index is 7.02. The van der Waals surface area contributed by atoms with Gasteiger partial charge >= 0.3 is 25.9 Å². The summed E-state index contributed by atoms with van der Waals surface area (Å²) < 4.78 is 31.6. The standard InChI is InChI=1S/C20H34O5Si4/c1-21-28(8,22-2)24-27(6,7)25-29(23-26(3,4)5,19-15-11-9-12-16-19)20-17-13-10-14-18-20/h9-18H,1-8H3. The average Bonchev–Trinajstić information content (AvgIpc) is 2.67. The molecule has 9 heteroatoms. The van der Waals surface area contributed by atoms with Gasteiger partial charge in [-0.15, -0.1) is 0 Å². The molecule has 2 aromatic carbocycles. The minimum absolute atomic E-state index is 1.08. The third kappa shape index (κ3) is 6.54. The van der Waals surface area contributed by atoms with Crippen molar-refractivity contribution in [2.24, 2.45) is 0 Å². The summed E-state index contributed by atoms with van der Waals surface area (Å²) in [5, 5.41) is 2.16. The van der Waals surface area contributed by atoms with Crippen LogP contribution < -0.4 is 10.4 Å². The monoisotopic (exact) mass is 466 g/mol. The summed E-state index contributed by atoms with van der Waals surface area (Å²) in [7, 11) is -7.26. The van der Waals surface area contributed by atoms with Crippen LogP contribution in [0.25, 0.3) is 0 Å². The van der Waals surface area contributed by atoms with E-state index < -0.39 is 34.2 Å². The molecule has 0 aliphatic carbocycles. The Morgan fingerprint density at radius 2 is 0.966 bits per heavy atom. The van der Waals surface area contributed by atoms with Gasteiger partial charge in [0.25, 0.3) is 0 Å². The molecule has 0 saturated carbocycles. The van der Waals surface area contributed by atoms with Gasteiger partial charge in [0.2, 0.25) is 0 Å². The largest absolute Gasteiger partial charge is 0.488 e. The van der Waals surface area contributed by atoms with E-state index in [2.05, 4.69) is 43.9 Å². The van der Waals surface area contributed by atoms with E-state index in [-0.39, 0.29) is 0 Å². The minimum atomic E-state index is -3.03.